The van der Waals surface area contributed by atoms with E-state index in [2.05, 4.69) is 16.0 Å². The Bertz CT molecular complexity index is 995. The smallest absolute Gasteiger partial charge is 0.318 e. The summed E-state index contributed by atoms with van der Waals surface area (Å²) in [6.07, 6.45) is -1.07. The number of carbonyl (C=O) groups excluding carboxylic acids is 4. The van der Waals surface area contributed by atoms with E-state index >= 15 is 0 Å². The number of nitrogens with one attached hydrogen (secondary N) is 3. The van der Waals surface area contributed by atoms with Gasteiger partial charge >= 0.3 is 12.0 Å². The average Bonchev–Trinajstić information content (AvgIpc) is 2.77. The number of esters is 1. The predicted octanol–water partition coefficient (Wildman–Crippen LogP) is -1.48. The monoisotopic (exact) mass is 482 g/mol. The quantitative estimate of drug-likeness (QED) is 0.299. The normalized spacial score (nSPS) is 21.2. The zero-order valence-electron chi connectivity index (χ0n) is 18.0. The van der Waals surface area contributed by atoms with Crippen LogP contribution < -0.4 is 16.0 Å². The fourth-order valence-electron chi connectivity index (χ4n) is 3.36. The fourth-order valence-corrected chi connectivity index (χ4v) is 4.92. The summed E-state index contributed by atoms with van der Waals surface area (Å²) >= 11 is 0. The highest BCUT2D eigenvalue weighted by molar-refractivity contribution is 7.90. The summed E-state index contributed by atoms with van der Waals surface area (Å²) in [7, 11) is -3.83. The first-order chi connectivity index (χ1) is 15.6. The van der Waals surface area contributed by atoms with Gasteiger partial charge in [-0.1, -0.05) is 30.3 Å². The second-order valence-corrected chi connectivity index (χ2v) is 9.78. The standard InChI is InChI=1S/C20H26N4O8S/c1-13(25)32-19-16(18(27)23-19)22-17(26)15(21-20(28)24-7-9-31-10-8-24)12-33(29,30)11-14-5-3-2-4-6-14/h2-6,15-16,19H,7-12H2,1H3,(H,21,28)(H,22,26)(H,23,27). The first kappa shape index (κ1) is 24.5. The molecule has 3 atom stereocenters. The molecule has 2 saturated heterocycles. The zero-order valence-corrected chi connectivity index (χ0v) is 18.8. The van der Waals surface area contributed by atoms with Crippen LogP contribution in [-0.2, 0) is 39.4 Å². The Balaban J connectivity index is 1.72. The van der Waals surface area contributed by atoms with Gasteiger partial charge in [0.05, 0.1) is 24.7 Å². The summed E-state index contributed by atoms with van der Waals surface area (Å²) < 4.78 is 35.7. The van der Waals surface area contributed by atoms with Crippen LogP contribution in [0.15, 0.2) is 30.3 Å². The highest BCUT2D eigenvalue weighted by Crippen LogP contribution is 2.11. The molecule has 2 aliphatic rings. The molecular formula is C20H26N4O8S. The second kappa shape index (κ2) is 10.6. The summed E-state index contributed by atoms with van der Waals surface area (Å²) in [5.41, 5.74) is 0.532. The van der Waals surface area contributed by atoms with E-state index in [0.29, 0.717) is 18.8 Å². The largest absolute Gasteiger partial charge is 0.439 e. The maximum absolute atomic E-state index is 12.9. The predicted molar refractivity (Wildman–Crippen MR) is 114 cm³/mol. The SMILES string of the molecule is CC(=O)OC1NC(=O)C1NC(=O)C(CS(=O)(=O)Cc1ccccc1)NC(=O)N1CCOCC1. The summed E-state index contributed by atoms with van der Waals surface area (Å²) in [4.78, 5) is 50.0. The number of ether oxygens (including phenoxy) is 2. The minimum Gasteiger partial charge on any atom is -0.439 e. The van der Waals surface area contributed by atoms with E-state index in [1.807, 2.05) is 0 Å². The van der Waals surface area contributed by atoms with Crippen molar-refractivity contribution in [3.63, 3.8) is 0 Å². The highest BCUT2D eigenvalue weighted by Gasteiger charge is 2.44. The molecular weight excluding hydrogens is 456 g/mol. The van der Waals surface area contributed by atoms with Crippen molar-refractivity contribution in [1.29, 1.82) is 0 Å². The van der Waals surface area contributed by atoms with Gasteiger partial charge < -0.3 is 30.3 Å². The van der Waals surface area contributed by atoms with Crippen molar-refractivity contribution in [2.24, 2.45) is 0 Å². The molecule has 3 rings (SSSR count). The van der Waals surface area contributed by atoms with Crippen molar-refractivity contribution in [2.45, 2.75) is 31.0 Å². The van der Waals surface area contributed by atoms with Gasteiger partial charge in [0, 0.05) is 20.0 Å². The summed E-state index contributed by atoms with van der Waals surface area (Å²) in [6, 6.07) is 5.13. The molecule has 0 aromatic heterocycles. The van der Waals surface area contributed by atoms with Gasteiger partial charge in [-0.15, -0.1) is 0 Å². The molecule has 180 valence electrons. The third-order valence-corrected chi connectivity index (χ3v) is 6.64. The molecule has 1 aromatic carbocycles. The minimum atomic E-state index is -3.83. The van der Waals surface area contributed by atoms with E-state index in [9.17, 15) is 27.6 Å². The van der Waals surface area contributed by atoms with E-state index in [1.165, 1.54) is 4.90 Å². The van der Waals surface area contributed by atoms with Crippen LogP contribution in [0.5, 0.6) is 0 Å². The number of hydrogen-bond acceptors (Lipinski definition) is 8. The Kier molecular flexibility index (Phi) is 7.87. The lowest BCUT2D eigenvalue weighted by molar-refractivity contribution is -0.164. The van der Waals surface area contributed by atoms with Crippen LogP contribution in [0.2, 0.25) is 0 Å². The second-order valence-electron chi connectivity index (χ2n) is 7.67. The maximum Gasteiger partial charge on any atom is 0.318 e. The van der Waals surface area contributed by atoms with Gasteiger partial charge in [0.2, 0.25) is 12.1 Å². The van der Waals surface area contributed by atoms with Gasteiger partial charge in [-0.3, -0.25) is 14.4 Å². The lowest BCUT2D eigenvalue weighted by Crippen LogP contribution is -2.72. The van der Waals surface area contributed by atoms with Crippen LogP contribution in [-0.4, -0.2) is 87.5 Å². The van der Waals surface area contributed by atoms with E-state index in [1.54, 1.807) is 30.3 Å². The van der Waals surface area contributed by atoms with Gasteiger partial charge in [-0.05, 0) is 5.56 Å². The molecule has 2 aliphatic heterocycles. The topological polar surface area (TPSA) is 160 Å². The molecule has 0 radical (unpaired) electrons. The molecule has 0 saturated carbocycles. The highest BCUT2D eigenvalue weighted by atomic mass is 32.2. The van der Waals surface area contributed by atoms with Gasteiger partial charge in [0.1, 0.15) is 6.04 Å². The van der Waals surface area contributed by atoms with Crippen molar-refractivity contribution in [2.75, 3.05) is 32.1 Å². The minimum absolute atomic E-state index is 0.288. The van der Waals surface area contributed by atoms with Crippen LogP contribution in [0.4, 0.5) is 4.79 Å². The van der Waals surface area contributed by atoms with Gasteiger partial charge in [0.25, 0.3) is 5.91 Å². The number of carbonyl (C=O) groups is 4. The van der Waals surface area contributed by atoms with Crippen LogP contribution in [0.3, 0.4) is 0 Å². The van der Waals surface area contributed by atoms with E-state index < -0.39 is 57.7 Å². The number of β-lactam (4-membered cyclic amide) rings is 1. The molecule has 3 N–H and O–H groups in total. The number of nitrogens with zero attached hydrogens (tertiary/aromatic N) is 1. The van der Waals surface area contributed by atoms with Crippen molar-refractivity contribution in [1.82, 2.24) is 20.9 Å². The third kappa shape index (κ3) is 6.89. The first-order valence-corrected chi connectivity index (χ1v) is 12.1. The maximum atomic E-state index is 12.9. The van der Waals surface area contributed by atoms with Crippen LogP contribution in [0, 0.1) is 0 Å². The van der Waals surface area contributed by atoms with E-state index in [-0.39, 0.29) is 18.8 Å². The molecule has 12 nitrogen and oxygen atoms in total. The first-order valence-electron chi connectivity index (χ1n) is 10.3. The fraction of sp³-hybridized carbons (Fsp3) is 0.500. The van der Waals surface area contributed by atoms with E-state index in [4.69, 9.17) is 9.47 Å². The zero-order chi connectivity index (χ0) is 24.0. The molecule has 0 aliphatic carbocycles. The number of benzene rings is 1. The van der Waals surface area contributed by atoms with Gasteiger partial charge in [-0.25, -0.2) is 13.2 Å². The molecule has 0 bridgehead atoms. The number of rotatable bonds is 8. The van der Waals surface area contributed by atoms with E-state index in [0.717, 1.165) is 6.92 Å². The lowest BCUT2D eigenvalue weighted by Gasteiger charge is -2.36. The van der Waals surface area contributed by atoms with Crippen LogP contribution in [0.25, 0.3) is 0 Å². The summed E-state index contributed by atoms with van der Waals surface area (Å²) in [5.74, 6) is -3.16. The van der Waals surface area contributed by atoms with Crippen molar-refractivity contribution >= 4 is 33.7 Å². The Morgan fingerprint density at radius 2 is 1.88 bits per heavy atom. The number of hydrogen-bond donors (Lipinski definition) is 3. The Morgan fingerprint density at radius 1 is 1.21 bits per heavy atom. The van der Waals surface area contributed by atoms with Gasteiger partial charge in [-0.2, -0.15) is 0 Å². The average molecular weight is 483 g/mol. The van der Waals surface area contributed by atoms with Crippen LogP contribution in [0.1, 0.15) is 12.5 Å². The van der Waals surface area contributed by atoms with Crippen molar-refractivity contribution in [3.05, 3.63) is 35.9 Å². The third-order valence-electron chi connectivity index (χ3n) is 5.02. The molecule has 1 aromatic rings. The molecule has 2 heterocycles. The molecule has 4 amide bonds. The number of amides is 4. The molecule has 3 unspecified atom stereocenters. The summed E-state index contributed by atoms with van der Waals surface area (Å²) in [5, 5.41) is 7.14. The Labute approximate surface area is 190 Å². The summed E-state index contributed by atoms with van der Waals surface area (Å²) in [6.45, 7) is 2.36. The Morgan fingerprint density at radius 3 is 2.48 bits per heavy atom. The number of sulfone groups is 1. The molecule has 0 spiro atoms. The van der Waals surface area contributed by atoms with Crippen LogP contribution >= 0.6 is 0 Å². The Hall–Kier alpha value is -3.19. The number of morpholine rings is 1. The molecule has 13 heteroatoms. The van der Waals surface area contributed by atoms with Gasteiger partial charge in [0.15, 0.2) is 15.9 Å². The molecule has 2 fully saturated rings. The molecule has 33 heavy (non-hydrogen) atoms. The van der Waals surface area contributed by atoms with Crippen molar-refractivity contribution in [3.8, 4) is 0 Å². The number of urea groups is 1. The van der Waals surface area contributed by atoms with Crippen molar-refractivity contribution < 1.29 is 37.1 Å². The lowest BCUT2D eigenvalue weighted by atomic mass is 10.1.